The number of hydrogen-bond acceptors (Lipinski definition) is 5. The first kappa shape index (κ1) is 19.6. The van der Waals surface area contributed by atoms with Crippen LogP contribution in [0.5, 0.6) is 0 Å². The normalized spacial score (nSPS) is 11.7. The van der Waals surface area contributed by atoms with Gasteiger partial charge in [0.15, 0.2) is 17.7 Å². The number of esters is 1. The van der Waals surface area contributed by atoms with Crippen LogP contribution >= 0.6 is 11.3 Å². The number of benzene rings is 2. The van der Waals surface area contributed by atoms with Crippen molar-refractivity contribution in [3.63, 3.8) is 0 Å². The number of rotatable bonds is 5. The maximum atomic E-state index is 13.2. The number of anilines is 1. The zero-order valence-electron chi connectivity index (χ0n) is 15.0. The molecule has 1 atom stereocenters. The van der Waals surface area contributed by atoms with Gasteiger partial charge in [-0.05, 0) is 26.0 Å². The third kappa shape index (κ3) is 4.40. The van der Waals surface area contributed by atoms with E-state index in [1.165, 1.54) is 24.3 Å². The number of aryl methyl sites for hydroxylation is 1. The summed E-state index contributed by atoms with van der Waals surface area (Å²) >= 11 is 1.17. The minimum atomic E-state index is -1.14. The Morgan fingerprint density at radius 1 is 1.11 bits per heavy atom. The Bertz CT molecular complexity index is 1020. The molecule has 5 nitrogen and oxygen atoms in total. The zero-order valence-corrected chi connectivity index (χ0v) is 15.8. The lowest BCUT2D eigenvalue weighted by Gasteiger charge is -2.13. The van der Waals surface area contributed by atoms with Gasteiger partial charge in [0.05, 0.1) is 5.69 Å². The van der Waals surface area contributed by atoms with Crippen molar-refractivity contribution in [1.29, 1.82) is 0 Å². The molecule has 3 aromatic rings. The van der Waals surface area contributed by atoms with Gasteiger partial charge in [0, 0.05) is 17.3 Å². The topological polar surface area (TPSA) is 68.3 Å². The number of carbonyl (C=O) groups is 2. The van der Waals surface area contributed by atoms with Gasteiger partial charge in [0.2, 0.25) is 0 Å². The molecular weight excluding hydrogens is 386 g/mol. The minimum Gasteiger partial charge on any atom is -0.448 e. The van der Waals surface area contributed by atoms with Crippen LogP contribution in [0, 0.1) is 18.6 Å². The second kappa shape index (κ2) is 8.26. The van der Waals surface area contributed by atoms with Crippen LogP contribution in [0.25, 0.3) is 10.6 Å². The van der Waals surface area contributed by atoms with Crippen LogP contribution in [0.4, 0.5) is 14.5 Å². The van der Waals surface area contributed by atoms with Crippen molar-refractivity contribution in [3.8, 4) is 10.6 Å². The summed E-state index contributed by atoms with van der Waals surface area (Å²) < 4.78 is 31.4. The number of halogens is 2. The summed E-state index contributed by atoms with van der Waals surface area (Å²) in [6.07, 6.45) is -1.14. The second-order valence-corrected chi connectivity index (χ2v) is 6.96. The van der Waals surface area contributed by atoms with Gasteiger partial charge in [-0.3, -0.25) is 4.79 Å². The first-order chi connectivity index (χ1) is 13.3. The van der Waals surface area contributed by atoms with Gasteiger partial charge >= 0.3 is 5.97 Å². The van der Waals surface area contributed by atoms with Crippen LogP contribution in [-0.2, 0) is 9.53 Å². The highest BCUT2D eigenvalue weighted by Crippen LogP contribution is 2.28. The number of nitrogens with zero attached hydrogens (tertiary/aromatic N) is 1. The quantitative estimate of drug-likeness (QED) is 0.635. The molecule has 28 heavy (non-hydrogen) atoms. The van der Waals surface area contributed by atoms with E-state index in [0.29, 0.717) is 15.6 Å². The van der Waals surface area contributed by atoms with Crippen molar-refractivity contribution >= 4 is 28.9 Å². The molecule has 0 bridgehead atoms. The first-order valence-electron chi connectivity index (χ1n) is 8.35. The molecule has 1 amide bonds. The number of ether oxygens (including phenoxy) is 1. The molecule has 0 aliphatic rings. The van der Waals surface area contributed by atoms with E-state index in [4.69, 9.17) is 4.74 Å². The van der Waals surface area contributed by atoms with Crippen molar-refractivity contribution in [1.82, 2.24) is 4.98 Å². The van der Waals surface area contributed by atoms with Crippen molar-refractivity contribution in [2.24, 2.45) is 0 Å². The fraction of sp³-hybridized carbons (Fsp3) is 0.150. The highest BCUT2D eigenvalue weighted by Gasteiger charge is 2.23. The number of amides is 1. The molecule has 8 heteroatoms. The summed E-state index contributed by atoms with van der Waals surface area (Å²) in [7, 11) is 0. The monoisotopic (exact) mass is 402 g/mol. The molecule has 0 fully saturated rings. The predicted molar refractivity (Wildman–Crippen MR) is 102 cm³/mol. The summed E-state index contributed by atoms with van der Waals surface area (Å²) in [6.45, 7) is 3.08. The summed E-state index contributed by atoms with van der Waals surface area (Å²) in [5.74, 6) is -3.45. The minimum absolute atomic E-state index is 0.0622. The highest BCUT2D eigenvalue weighted by atomic mass is 32.1. The number of nitrogens with one attached hydrogen (secondary N) is 1. The molecular formula is C20H16F2N2O3S. The van der Waals surface area contributed by atoms with Crippen LogP contribution in [-0.4, -0.2) is 23.0 Å². The van der Waals surface area contributed by atoms with Crippen LogP contribution in [0.15, 0.2) is 48.5 Å². The Hall–Kier alpha value is -3.13. The van der Waals surface area contributed by atoms with Crippen molar-refractivity contribution in [2.75, 3.05) is 5.32 Å². The third-order valence-corrected chi connectivity index (χ3v) is 5.03. The number of aromatic nitrogens is 1. The Kier molecular flexibility index (Phi) is 5.79. The van der Waals surface area contributed by atoms with Crippen molar-refractivity contribution in [3.05, 3.63) is 70.7 Å². The molecule has 0 aliphatic carbocycles. The van der Waals surface area contributed by atoms with Crippen molar-refractivity contribution in [2.45, 2.75) is 20.0 Å². The second-order valence-electron chi connectivity index (χ2n) is 5.97. The molecule has 0 saturated heterocycles. The molecule has 144 valence electrons. The average Bonchev–Trinajstić information content (AvgIpc) is 3.07. The number of thiazole rings is 1. The van der Waals surface area contributed by atoms with Gasteiger partial charge in [-0.15, -0.1) is 11.3 Å². The van der Waals surface area contributed by atoms with E-state index in [1.807, 2.05) is 30.3 Å². The summed E-state index contributed by atoms with van der Waals surface area (Å²) in [6, 6.07) is 12.3. The SMILES string of the molecule is Cc1nc(-c2ccccc2)sc1C(=O)O[C@@H](C)C(=O)Nc1ccc(F)c(F)c1. The van der Waals surface area contributed by atoms with Gasteiger partial charge in [0.1, 0.15) is 9.88 Å². The molecule has 0 saturated carbocycles. The lowest BCUT2D eigenvalue weighted by atomic mass is 10.2. The van der Waals surface area contributed by atoms with Gasteiger partial charge in [-0.25, -0.2) is 18.6 Å². The molecule has 1 aromatic heterocycles. The average molecular weight is 402 g/mol. The molecule has 3 rings (SSSR count). The van der Waals surface area contributed by atoms with Gasteiger partial charge in [-0.2, -0.15) is 0 Å². The number of carbonyl (C=O) groups excluding carboxylic acids is 2. The van der Waals surface area contributed by atoms with Crippen LogP contribution in [0.3, 0.4) is 0 Å². The smallest absolute Gasteiger partial charge is 0.351 e. The Balaban J connectivity index is 1.67. The molecule has 0 aliphatic heterocycles. The molecule has 0 radical (unpaired) electrons. The van der Waals surface area contributed by atoms with Gasteiger partial charge in [-0.1, -0.05) is 30.3 Å². The summed E-state index contributed by atoms with van der Waals surface area (Å²) in [5, 5.41) is 3.05. The molecule has 1 N–H and O–H groups in total. The third-order valence-electron chi connectivity index (χ3n) is 3.84. The summed E-state index contributed by atoms with van der Waals surface area (Å²) in [4.78, 5) is 29.3. The van der Waals surface area contributed by atoms with Gasteiger partial charge in [0.25, 0.3) is 5.91 Å². The maximum absolute atomic E-state index is 13.2. The van der Waals surface area contributed by atoms with Crippen LogP contribution in [0.2, 0.25) is 0 Å². The largest absolute Gasteiger partial charge is 0.448 e. The van der Waals surface area contributed by atoms with Gasteiger partial charge < -0.3 is 10.1 Å². The van der Waals surface area contributed by atoms with E-state index in [9.17, 15) is 18.4 Å². The van der Waals surface area contributed by atoms with Crippen LogP contribution in [0.1, 0.15) is 22.3 Å². The molecule has 0 unspecified atom stereocenters. The zero-order chi connectivity index (χ0) is 20.3. The highest BCUT2D eigenvalue weighted by molar-refractivity contribution is 7.17. The predicted octanol–water partition coefficient (Wildman–Crippen LogP) is 4.58. The molecule has 0 spiro atoms. The Morgan fingerprint density at radius 2 is 1.82 bits per heavy atom. The number of hydrogen-bond donors (Lipinski definition) is 1. The maximum Gasteiger partial charge on any atom is 0.351 e. The lowest BCUT2D eigenvalue weighted by Crippen LogP contribution is -2.30. The Labute approximate surface area is 164 Å². The van der Waals surface area contributed by atoms with Crippen molar-refractivity contribution < 1.29 is 23.1 Å². The fourth-order valence-corrected chi connectivity index (χ4v) is 3.33. The van der Waals surface area contributed by atoms with E-state index < -0.39 is 29.6 Å². The standard InChI is InChI=1S/C20H16F2N2O3S/c1-11-17(28-19(23-11)13-6-4-3-5-7-13)20(26)27-12(2)18(25)24-14-8-9-15(21)16(22)10-14/h3-10,12H,1-2H3,(H,24,25)/t12-/m0/s1. The van der Waals surface area contributed by atoms with E-state index in [2.05, 4.69) is 10.3 Å². The van der Waals surface area contributed by atoms with E-state index >= 15 is 0 Å². The van der Waals surface area contributed by atoms with E-state index in [-0.39, 0.29) is 5.69 Å². The van der Waals surface area contributed by atoms with Crippen LogP contribution < -0.4 is 5.32 Å². The van der Waals surface area contributed by atoms with E-state index in [0.717, 1.165) is 17.7 Å². The van der Waals surface area contributed by atoms with E-state index in [1.54, 1.807) is 6.92 Å². The lowest BCUT2D eigenvalue weighted by molar-refractivity contribution is -0.123. The molecule has 1 heterocycles. The fourth-order valence-electron chi connectivity index (χ4n) is 2.38. The summed E-state index contributed by atoms with van der Waals surface area (Å²) in [5.41, 5.74) is 1.44. The first-order valence-corrected chi connectivity index (χ1v) is 9.16. The Morgan fingerprint density at radius 3 is 2.50 bits per heavy atom. The molecule has 2 aromatic carbocycles.